The van der Waals surface area contributed by atoms with Gasteiger partial charge in [0.25, 0.3) is 0 Å². The number of likely N-dealkylation sites (tertiary alicyclic amines) is 1. The van der Waals surface area contributed by atoms with E-state index in [4.69, 9.17) is 0 Å². The third kappa shape index (κ3) is 2.25. The van der Waals surface area contributed by atoms with E-state index in [1.54, 1.807) is 22.1 Å². The van der Waals surface area contributed by atoms with Crippen LogP contribution in [0.3, 0.4) is 0 Å². The Bertz CT molecular complexity index is 466. The maximum atomic E-state index is 12.2. The zero-order chi connectivity index (χ0) is 13.2. The second-order valence-corrected chi connectivity index (χ2v) is 4.73. The van der Waals surface area contributed by atoms with Crippen LogP contribution in [0, 0.1) is 0 Å². The van der Waals surface area contributed by atoms with Gasteiger partial charge in [-0.15, -0.1) is 0 Å². The van der Waals surface area contributed by atoms with Gasteiger partial charge in [-0.1, -0.05) is 0 Å². The van der Waals surface area contributed by atoms with Gasteiger partial charge in [0.05, 0.1) is 18.4 Å². The van der Waals surface area contributed by atoms with Crippen molar-refractivity contribution >= 4 is 12.1 Å². The summed E-state index contributed by atoms with van der Waals surface area (Å²) in [6, 6.07) is -0.241. The Morgan fingerprint density at radius 2 is 1.89 bits per heavy atom. The van der Waals surface area contributed by atoms with Gasteiger partial charge >= 0.3 is 12.1 Å². The summed E-state index contributed by atoms with van der Waals surface area (Å²) in [5, 5.41) is 10.9. The van der Waals surface area contributed by atoms with Crippen LogP contribution < -0.4 is 5.32 Å². The first kappa shape index (κ1) is 11.9. The van der Waals surface area contributed by atoms with Crippen LogP contribution in [0.1, 0.15) is 18.9 Å². The van der Waals surface area contributed by atoms with Crippen LogP contribution >= 0.6 is 0 Å². The maximum Gasteiger partial charge on any atom is 0.328 e. The smallest absolute Gasteiger partial charge is 0.328 e. The average Bonchev–Trinajstić information content (AvgIpc) is 3.09. The molecule has 0 radical (unpaired) electrons. The van der Waals surface area contributed by atoms with Crippen LogP contribution in [0.5, 0.6) is 0 Å². The van der Waals surface area contributed by atoms with Gasteiger partial charge in [0, 0.05) is 26.2 Å². The molecule has 0 aromatic carbocycles. The topological polar surface area (TPSA) is 83.4 Å². The minimum absolute atomic E-state index is 0.193. The van der Waals surface area contributed by atoms with Crippen molar-refractivity contribution in [2.75, 3.05) is 26.2 Å². The van der Waals surface area contributed by atoms with E-state index in [1.807, 2.05) is 0 Å². The molecule has 2 saturated heterocycles. The number of amides is 4. The molecule has 0 atom stereocenters. The molecular formula is C11H16N6O2. The lowest BCUT2D eigenvalue weighted by Gasteiger charge is -2.33. The van der Waals surface area contributed by atoms with E-state index in [-0.39, 0.29) is 18.1 Å². The number of nitrogens with zero attached hydrogens (tertiary/aromatic N) is 5. The number of imide groups is 1. The third-order valence-electron chi connectivity index (χ3n) is 3.59. The summed E-state index contributed by atoms with van der Waals surface area (Å²) in [4.78, 5) is 28.3. The van der Waals surface area contributed by atoms with Crippen LogP contribution in [0.2, 0.25) is 0 Å². The van der Waals surface area contributed by atoms with Gasteiger partial charge in [-0.05, 0) is 12.8 Å². The van der Waals surface area contributed by atoms with Crippen LogP contribution in [-0.4, -0.2) is 63.0 Å². The molecule has 0 saturated carbocycles. The number of piperidine rings is 1. The molecule has 19 heavy (non-hydrogen) atoms. The van der Waals surface area contributed by atoms with E-state index in [1.165, 1.54) is 4.90 Å². The molecule has 2 aliphatic rings. The fourth-order valence-electron chi connectivity index (χ4n) is 2.53. The molecule has 0 unspecified atom stereocenters. The molecular weight excluding hydrogens is 248 g/mol. The van der Waals surface area contributed by atoms with Crippen molar-refractivity contribution in [1.29, 1.82) is 0 Å². The van der Waals surface area contributed by atoms with E-state index in [9.17, 15) is 9.59 Å². The largest absolute Gasteiger partial charge is 0.336 e. The third-order valence-corrected chi connectivity index (χ3v) is 3.59. The molecule has 8 heteroatoms. The molecule has 0 bridgehead atoms. The predicted octanol–water partition coefficient (Wildman–Crippen LogP) is 0.0602. The second-order valence-electron chi connectivity index (χ2n) is 4.73. The zero-order valence-electron chi connectivity index (χ0n) is 10.5. The SMILES string of the molecule is O=C1NCCN1C(=O)N1CCC(n2nccn2)CC1. The molecule has 3 rings (SSSR count). The van der Waals surface area contributed by atoms with Gasteiger partial charge in [-0.2, -0.15) is 15.0 Å². The molecule has 3 heterocycles. The number of hydrogen-bond acceptors (Lipinski definition) is 4. The minimum atomic E-state index is -0.291. The van der Waals surface area contributed by atoms with Crippen molar-refractivity contribution in [2.45, 2.75) is 18.9 Å². The highest BCUT2D eigenvalue weighted by atomic mass is 16.2. The quantitative estimate of drug-likeness (QED) is 0.777. The molecule has 0 aliphatic carbocycles. The van der Waals surface area contributed by atoms with Crippen LogP contribution in [-0.2, 0) is 0 Å². The number of aromatic nitrogens is 3. The zero-order valence-corrected chi connectivity index (χ0v) is 10.5. The first-order valence-electron chi connectivity index (χ1n) is 6.46. The lowest BCUT2D eigenvalue weighted by Crippen LogP contribution is -2.48. The summed E-state index contributed by atoms with van der Waals surface area (Å²) in [6.45, 7) is 2.26. The molecule has 102 valence electrons. The summed E-state index contributed by atoms with van der Waals surface area (Å²) in [7, 11) is 0. The van der Waals surface area contributed by atoms with Gasteiger partial charge < -0.3 is 10.2 Å². The number of carbonyl (C=O) groups excluding carboxylic acids is 2. The Morgan fingerprint density at radius 1 is 1.21 bits per heavy atom. The highest BCUT2D eigenvalue weighted by molar-refractivity contribution is 5.94. The molecule has 0 spiro atoms. The number of nitrogens with one attached hydrogen (secondary N) is 1. The van der Waals surface area contributed by atoms with Gasteiger partial charge in [-0.3, -0.25) is 0 Å². The van der Waals surface area contributed by atoms with E-state index in [2.05, 4.69) is 15.5 Å². The van der Waals surface area contributed by atoms with Gasteiger partial charge in [-0.25, -0.2) is 14.5 Å². The van der Waals surface area contributed by atoms with E-state index in [0.717, 1.165) is 12.8 Å². The second kappa shape index (κ2) is 4.87. The molecule has 2 fully saturated rings. The Labute approximate surface area is 110 Å². The number of carbonyl (C=O) groups is 2. The first-order chi connectivity index (χ1) is 9.25. The van der Waals surface area contributed by atoms with Crippen molar-refractivity contribution in [3.63, 3.8) is 0 Å². The minimum Gasteiger partial charge on any atom is -0.336 e. The molecule has 2 aliphatic heterocycles. The van der Waals surface area contributed by atoms with Crippen LogP contribution in [0.15, 0.2) is 12.4 Å². The summed E-state index contributed by atoms with van der Waals surface area (Å²) in [5.41, 5.74) is 0. The molecule has 1 aromatic heterocycles. The van der Waals surface area contributed by atoms with Crippen molar-refractivity contribution < 1.29 is 9.59 Å². The van der Waals surface area contributed by atoms with E-state index >= 15 is 0 Å². The van der Waals surface area contributed by atoms with Crippen LogP contribution in [0.4, 0.5) is 9.59 Å². The highest BCUT2D eigenvalue weighted by Crippen LogP contribution is 2.21. The number of urea groups is 2. The summed E-state index contributed by atoms with van der Waals surface area (Å²) >= 11 is 0. The summed E-state index contributed by atoms with van der Waals surface area (Å²) < 4.78 is 0. The Hall–Kier alpha value is -2.12. The Kier molecular flexibility index (Phi) is 3.06. The van der Waals surface area contributed by atoms with Gasteiger partial charge in [0.15, 0.2) is 0 Å². The highest BCUT2D eigenvalue weighted by Gasteiger charge is 2.32. The Balaban J connectivity index is 1.58. The normalized spacial score (nSPS) is 20.7. The first-order valence-corrected chi connectivity index (χ1v) is 6.46. The number of hydrogen-bond donors (Lipinski definition) is 1. The molecule has 8 nitrogen and oxygen atoms in total. The van der Waals surface area contributed by atoms with Crippen LogP contribution in [0.25, 0.3) is 0 Å². The lowest BCUT2D eigenvalue weighted by atomic mass is 10.1. The Morgan fingerprint density at radius 3 is 2.47 bits per heavy atom. The standard InChI is InChI=1S/C11H16N6O2/c18-10-12-5-8-16(10)11(19)15-6-1-9(2-7-15)17-13-3-4-14-17/h3-4,9H,1-2,5-8H2,(H,12,18). The fourth-order valence-corrected chi connectivity index (χ4v) is 2.53. The summed E-state index contributed by atoms with van der Waals surface area (Å²) in [5.74, 6) is 0. The van der Waals surface area contributed by atoms with Crippen molar-refractivity contribution in [1.82, 2.24) is 30.1 Å². The van der Waals surface area contributed by atoms with Crippen molar-refractivity contribution in [3.05, 3.63) is 12.4 Å². The average molecular weight is 264 g/mol. The van der Waals surface area contributed by atoms with Crippen molar-refractivity contribution in [3.8, 4) is 0 Å². The molecule has 4 amide bonds. The lowest BCUT2D eigenvalue weighted by molar-refractivity contribution is 0.140. The summed E-state index contributed by atoms with van der Waals surface area (Å²) in [6.07, 6.45) is 4.95. The molecule has 1 aromatic rings. The van der Waals surface area contributed by atoms with Crippen molar-refractivity contribution in [2.24, 2.45) is 0 Å². The monoisotopic (exact) mass is 264 g/mol. The fraction of sp³-hybridized carbons (Fsp3) is 0.636. The molecule has 1 N–H and O–H groups in total. The number of rotatable bonds is 1. The van der Waals surface area contributed by atoms with E-state index < -0.39 is 0 Å². The maximum absolute atomic E-state index is 12.2. The predicted molar refractivity (Wildman–Crippen MR) is 65.4 cm³/mol. The van der Waals surface area contributed by atoms with E-state index in [0.29, 0.717) is 26.2 Å². The van der Waals surface area contributed by atoms with Gasteiger partial charge in [0.2, 0.25) is 0 Å². The van der Waals surface area contributed by atoms with Gasteiger partial charge in [0.1, 0.15) is 0 Å².